The van der Waals surface area contributed by atoms with Crippen LogP contribution in [0.2, 0.25) is 10.0 Å². The number of carbonyl (C=O) groups excluding carboxylic acids is 1. The Labute approximate surface area is 147 Å². The summed E-state index contributed by atoms with van der Waals surface area (Å²) < 4.78 is 5.43. The highest BCUT2D eigenvalue weighted by Gasteiger charge is 2.25. The Morgan fingerprint density at radius 3 is 2.77 bits per heavy atom. The van der Waals surface area contributed by atoms with E-state index < -0.39 is 0 Å². The third-order valence-corrected chi connectivity index (χ3v) is 4.36. The van der Waals surface area contributed by atoms with E-state index in [1.807, 2.05) is 0 Å². The standard InChI is InChI=1S/C15H20Cl2N2O2.ClH/c16-11-5-6-12(17)14(7-11)21-9-15(20)19-13-4-2-1-3-10(13)8-18;/h5-7,10,13H,1-4,8-9,18H2,(H,19,20);1H. The van der Waals surface area contributed by atoms with E-state index in [-0.39, 0.29) is 31.0 Å². The molecule has 1 saturated carbocycles. The number of ether oxygens (including phenoxy) is 1. The molecule has 0 spiro atoms. The molecule has 0 bridgehead atoms. The molecule has 22 heavy (non-hydrogen) atoms. The summed E-state index contributed by atoms with van der Waals surface area (Å²) in [6, 6.07) is 5.06. The number of hydrogen-bond donors (Lipinski definition) is 2. The van der Waals surface area contributed by atoms with E-state index in [0.717, 1.165) is 19.3 Å². The van der Waals surface area contributed by atoms with E-state index in [1.165, 1.54) is 6.42 Å². The topological polar surface area (TPSA) is 64.3 Å². The monoisotopic (exact) mass is 366 g/mol. The van der Waals surface area contributed by atoms with Crippen molar-refractivity contribution in [3.8, 4) is 5.75 Å². The van der Waals surface area contributed by atoms with Crippen molar-refractivity contribution >= 4 is 41.5 Å². The second-order valence-corrected chi connectivity index (χ2v) is 6.16. The van der Waals surface area contributed by atoms with E-state index in [0.29, 0.717) is 28.3 Å². The number of hydrogen-bond acceptors (Lipinski definition) is 3. The van der Waals surface area contributed by atoms with Crippen LogP contribution in [0.15, 0.2) is 18.2 Å². The zero-order valence-electron chi connectivity index (χ0n) is 12.2. The number of carbonyl (C=O) groups is 1. The Kier molecular flexibility index (Phi) is 8.33. The lowest BCUT2D eigenvalue weighted by Gasteiger charge is -2.31. The Bertz CT molecular complexity index is 500. The molecule has 124 valence electrons. The molecular formula is C15H21Cl3N2O2. The highest BCUT2D eigenvalue weighted by atomic mass is 35.5. The molecule has 0 radical (unpaired) electrons. The van der Waals surface area contributed by atoms with Crippen molar-refractivity contribution < 1.29 is 9.53 Å². The lowest BCUT2D eigenvalue weighted by atomic mass is 9.84. The van der Waals surface area contributed by atoms with Crippen molar-refractivity contribution in [2.24, 2.45) is 11.7 Å². The predicted molar refractivity (Wildman–Crippen MR) is 92.1 cm³/mol. The highest BCUT2D eigenvalue weighted by molar-refractivity contribution is 6.34. The fourth-order valence-corrected chi connectivity index (χ4v) is 2.99. The maximum absolute atomic E-state index is 12.0. The maximum Gasteiger partial charge on any atom is 0.258 e. The molecule has 0 aliphatic heterocycles. The predicted octanol–water partition coefficient (Wildman–Crippen LogP) is 3.43. The molecule has 1 aliphatic carbocycles. The minimum Gasteiger partial charge on any atom is -0.482 e. The minimum absolute atomic E-state index is 0. The van der Waals surface area contributed by atoms with Crippen LogP contribution in [0.4, 0.5) is 0 Å². The maximum atomic E-state index is 12.0. The zero-order valence-corrected chi connectivity index (χ0v) is 14.5. The van der Waals surface area contributed by atoms with Gasteiger partial charge in [0.15, 0.2) is 6.61 Å². The molecule has 4 nitrogen and oxygen atoms in total. The van der Waals surface area contributed by atoms with Gasteiger partial charge in [0.1, 0.15) is 5.75 Å². The van der Waals surface area contributed by atoms with Crippen LogP contribution < -0.4 is 15.8 Å². The van der Waals surface area contributed by atoms with E-state index in [2.05, 4.69) is 5.32 Å². The van der Waals surface area contributed by atoms with E-state index in [1.54, 1.807) is 18.2 Å². The van der Waals surface area contributed by atoms with Crippen molar-refractivity contribution in [2.75, 3.05) is 13.2 Å². The molecule has 2 atom stereocenters. The summed E-state index contributed by atoms with van der Waals surface area (Å²) in [5, 5.41) is 3.96. The molecule has 2 rings (SSSR count). The third kappa shape index (κ3) is 5.51. The number of nitrogens with two attached hydrogens (primary N) is 1. The number of amides is 1. The molecule has 3 N–H and O–H groups in total. The zero-order chi connectivity index (χ0) is 15.2. The quantitative estimate of drug-likeness (QED) is 0.838. The van der Waals surface area contributed by atoms with Gasteiger partial charge in [-0.15, -0.1) is 12.4 Å². The second-order valence-electron chi connectivity index (χ2n) is 5.32. The van der Waals surface area contributed by atoms with Crippen LogP contribution in [0.5, 0.6) is 5.75 Å². The van der Waals surface area contributed by atoms with Crippen molar-refractivity contribution in [1.29, 1.82) is 0 Å². The van der Waals surface area contributed by atoms with Gasteiger partial charge in [0.05, 0.1) is 5.02 Å². The summed E-state index contributed by atoms with van der Waals surface area (Å²) in [5.41, 5.74) is 5.76. The molecule has 2 unspecified atom stereocenters. The molecular weight excluding hydrogens is 347 g/mol. The molecule has 0 saturated heterocycles. The van der Waals surface area contributed by atoms with Gasteiger partial charge < -0.3 is 15.8 Å². The second kappa shape index (κ2) is 9.46. The fraction of sp³-hybridized carbons (Fsp3) is 0.533. The Morgan fingerprint density at radius 2 is 2.05 bits per heavy atom. The van der Waals surface area contributed by atoms with Gasteiger partial charge in [0, 0.05) is 17.1 Å². The number of nitrogens with one attached hydrogen (secondary N) is 1. The van der Waals surface area contributed by atoms with Crippen LogP contribution in [-0.4, -0.2) is 25.1 Å². The van der Waals surface area contributed by atoms with Gasteiger partial charge in [-0.2, -0.15) is 0 Å². The molecule has 1 fully saturated rings. The van der Waals surface area contributed by atoms with Gasteiger partial charge >= 0.3 is 0 Å². The fourth-order valence-electron chi connectivity index (χ4n) is 2.66. The third-order valence-electron chi connectivity index (χ3n) is 3.81. The molecule has 1 aromatic carbocycles. The van der Waals surface area contributed by atoms with Crippen LogP contribution in [0.1, 0.15) is 25.7 Å². The number of halogens is 3. The molecule has 1 aliphatic rings. The normalized spacial score (nSPS) is 20.9. The molecule has 7 heteroatoms. The number of benzene rings is 1. The van der Waals surface area contributed by atoms with Gasteiger partial charge in [-0.1, -0.05) is 36.0 Å². The van der Waals surface area contributed by atoms with Crippen molar-refractivity contribution in [2.45, 2.75) is 31.7 Å². The first-order valence-electron chi connectivity index (χ1n) is 7.17. The van der Waals surface area contributed by atoms with Gasteiger partial charge in [-0.05, 0) is 37.4 Å². The van der Waals surface area contributed by atoms with Gasteiger partial charge in [-0.3, -0.25) is 4.79 Å². The summed E-state index contributed by atoms with van der Waals surface area (Å²) in [6.45, 7) is 0.528. The molecule has 0 heterocycles. The van der Waals surface area contributed by atoms with Crippen molar-refractivity contribution in [3.63, 3.8) is 0 Å². The first-order chi connectivity index (χ1) is 10.1. The van der Waals surface area contributed by atoms with E-state index in [4.69, 9.17) is 33.7 Å². The Hall–Kier alpha value is -0.680. The van der Waals surface area contributed by atoms with Crippen molar-refractivity contribution in [1.82, 2.24) is 5.32 Å². The van der Waals surface area contributed by atoms with Crippen molar-refractivity contribution in [3.05, 3.63) is 28.2 Å². The van der Waals surface area contributed by atoms with Crippen LogP contribution in [0, 0.1) is 5.92 Å². The first-order valence-corrected chi connectivity index (χ1v) is 7.93. The van der Waals surface area contributed by atoms with Crippen LogP contribution in [-0.2, 0) is 4.79 Å². The van der Waals surface area contributed by atoms with Crippen LogP contribution >= 0.6 is 35.6 Å². The van der Waals surface area contributed by atoms with Gasteiger partial charge in [0.25, 0.3) is 5.91 Å². The summed E-state index contributed by atoms with van der Waals surface area (Å²) in [7, 11) is 0. The smallest absolute Gasteiger partial charge is 0.258 e. The SMILES string of the molecule is Cl.NCC1CCCCC1NC(=O)COc1cc(Cl)ccc1Cl. The lowest BCUT2D eigenvalue weighted by molar-refractivity contribution is -0.124. The van der Waals surface area contributed by atoms with Crippen LogP contribution in [0.3, 0.4) is 0 Å². The largest absolute Gasteiger partial charge is 0.482 e. The summed E-state index contributed by atoms with van der Waals surface area (Å²) in [4.78, 5) is 12.0. The molecule has 1 aromatic rings. The highest BCUT2D eigenvalue weighted by Crippen LogP contribution is 2.27. The molecule has 1 amide bonds. The Balaban J connectivity index is 0.00000242. The van der Waals surface area contributed by atoms with E-state index >= 15 is 0 Å². The number of rotatable bonds is 5. The summed E-state index contributed by atoms with van der Waals surface area (Å²) >= 11 is 11.9. The summed E-state index contributed by atoms with van der Waals surface area (Å²) in [6.07, 6.45) is 4.36. The van der Waals surface area contributed by atoms with Gasteiger partial charge in [-0.25, -0.2) is 0 Å². The first kappa shape index (κ1) is 19.4. The van der Waals surface area contributed by atoms with Crippen LogP contribution in [0.25, 0.3) is 0 Å². The van der Waals surface area contributed by atoms with Gasteiger partial charge in [0.2, 0.25) is 0 Å². The average molecular weight is 368 g/mol. The average Bonchev–Trinajstić information content (AvgIpc) is 2.49. The molecule has 0 aromatic heterocycles. The Morgan fingerprint density at radius 1 is 1.32 bits per heavy atom. The lowest BCUT2D eigenvalue weighted by Crippen LogP contribution is -2.46. The summed E-state index contributed by atoms with van der Waals surface area (Å²) in [5.74, 6) is 0.618. The minimum atomic E-state index is -0.156. The van der Waals surface area contributed by atoms with E-state index in [9.17, 15) is 4.79 Å².